The molecule has 0 aromatic heterocycles. The van der Waals surface area contributed by atoms with Crippen molar-refractivity contribution in [3.05, 3.63) is 0 Å². The van der Waals surface area contributed by atoms with Gasteiger partial charge in [0.1, 0.15) is 0 Å². The lowest BCUT2D eigenvalue weighted by Gasteiger charge is -2.05. The number of rotatable bonds is 1. The van der Waals surface area contributed by atoms with E-state index in [9.17, 15) is 0 Å². The molecule has 0 aromatic carbocycles. The quantitative estimate of drug-likeness (QED) is 0.575. The average molecular weight is 131 g/mol. The first-order chi connectivity index (χ1) is 3.91. The molecule has 0 bridgehead atoms. The summed E-state index contributed by atoms with van der Waals surface area (Å²) < 4.78 is 0. The van der Waals surface area contributed by atoms with Crippen molar-refractivity contribution >= 4 is 0 Å². The summed E-state index contributed by atoms with van der Waals surface area (Å²) in [6.45, 7) is 11.9. The Hall–Kier alpha value is -0.0400. The molecule has 0 radical (unpaired) electrons. The monoisotopic (exact) mass is 131 g/mol. The third-order valence-corrected chi connectivity index (χ3v) is 0.354. The van der Waals surface area contributed by atoms with Gasteiger partial charge in [-0.05, 0) is 19.0 Å². The maximum absolute atomic E-state index is 2.93. The lowest BCUT2D eigenvalue weighted by Crippen LogP contribution is -2.01. The number of hydrogen-bond acceptors (Lipinski definition) is 1. The van der Waals surface area contributed by atoms with Gasteiger partial charge in [0.05, 0.1) is 0 Å². The Morgan fingerprint density at radius 3 is 1.22 bits per heavy atom. The zero-order chi connectivity index (χ0) is 7.91. The standard InChI is InChI=1S/C5H12.C3H9N/c1-5(2,3)4;1-3-4-2/h1-4H3;4H,3H2,1-2H3. The number of nitrogens with one attached hydrogen (secondary N) is 1. The summed E-state index contributed by atoms with van der Waals surface area (Å²) in [5, 5.41) is 2.93. The first kappa shape index (κ1) is 11.7. The molecule has 1 N–H and O–H groups in total. The number of hydrogen-bond donors (Lipinski definition) is 1. The minimum absolute atomic E-state index is 0.500. The minimum atomic E-state index is 0.500. The normalized spacial score (nSPS) is 10.0. The van der Waals surface area contributed by atoms with E-state index in [1.807, 2.05) is 7.05 Å². The molecule has 0 atom stereocenters. The highest BCUT2D eigenvalue weighted by Gasteiger charge is 1.95. The van der Waals surface area contributed by atoms with Gasteiger partial charge >= 0.3 is 0 Å². The Labute approximate surface area is 59.8 Å². The maximum Gasteiger partial charge on any atom is -0.00804 e. The molecular weight excluding hydrogens is 110 g/mol. The van der Waals surface area contributed by atoms with Crippen LogP contribution in [0.2, 0.25) is 0 Å². The van der Waals surface area contributed by atoms with Crippen LogP contribution in [0.4, 0.5) is 0 Å². The van der Waals surface area contributed by atoms with Crippen LogP contribution in [0.25, 0.3) is 0 Å². The van der Waals surface area contributed by atoms with Crippen molar-refractivity contribution in [3.63, 3.8) is 0 Å². The van der Waals surface area contributed by atoms with Gasteiger partial charge in [-0.3, -0.25) is 0 Å². The molecule has 0 aromatic rings. The fourth-order valence-electron chi connectivity index (χ4n) is 0. The minimum Gasteiger partial charge on any atom is -0.320 e. The van der Waals surface area contributed by atoms with E-state index in [-0.39, 0.29) is 0 Å². The largest absolute Gasteiger partial charge is 0.320 e. The van der Waals surface area contributed by atoms with E-state index in [1.165, 1.54) is 0 Å². The highest BCUT2D eigenvalue weighted by molar-refractivity contribution is 4.47. The fraction of sp³-hybridized carbons (Fsp3) is 1.00. The average Bonchev–Trinajstić information content (AvgIpc) is 1.61. The van der Waals surface area contributed by atoms with Crippen LogP contribution >= 0.6 is 0 Å². The van der Waals surface area contributed by atoms with Crippen molar-refractivity contribution in [2.45, 2.75) is 34.6 Å². The van der Waals surface area contributed by atoms with Crippen molar-refractivity contribution < 1.29 is 0 Å². The maximum atomic E-state index is 2.93. The summed E-state index contributed by atoms with van der Waals surface area (Å²) in [6.07, 6.45) is 0. The molecule has 1 heteroatoms. The zero-order valence-electron chi connectivity index (χ0n) is 7.71. The molecule has 0 amide bonds. The van der Waals surface area contributed by atoms with Crippen LogP contribution in [-0.4, -0.2) is 13.6 Å². The van der Waals surface area contributed by atoms with Gasteiger partial charge < -0.3 is 5.32 Å². The fourth-order valence-corrected chi connectivity index (χ4v) is 0. The van der Waals surface area contributed by atoms with Crippen LogP contribution in [0, 0.1) is 5.41 Å². The molecule has 0 saturated heterocycles. The third kappa shape index (κ3) is 307. The first-order valence-electron chi connectivity index (χ1n) is 3.56. The van der Waals surface area contributed by atoms with Crippen molar-refractivity contribution in [2.24, 2.45) is 5.41 Å². The summed E-state index contributed by atoms with van der Waals surface area (Å²) >= 11 is 0. The van der Waals surface area contributed by atoms with E-state index in [1.54, 1.807) is 0 Å². The first-order valence-corrected chi connectivity index (χ1v) is 3.56. The molecule has 0 unspecified atom stereocenters. The van der Waals surface area contributed by atoms with Gasteiger partial charge in [-0.15, -0.1) is 0 Å². The van der Waals surface area contributed by atoms with Crippen LogP contribution in [-0.2, 0) is 0 Å². The second kappa shape index (κ2) is 6.09. The van der Waals surface area contributed by atoms with Crippen LogP contribution in [0.15, 0.2) is 0 Å². The van der Waals surface area contributed by atoms with E-state index >= 15 is 0 Å². The lowest BCUT2D eigenvalue weighted by atomic mass is 10.0. The molecule has 0 aliphatic heterocycles. The predicted octanol–water partition coefficient (Wildman–Crippen LogP) is 2.28. The van der Waals surface area contributed by atoms with E-state index < -0.39 is 0 Å². The summed E-state index contributed by atoms with van der Waals surface area (Å²) in [7, 11) is 1.93. The van der Waals surface area contributed by atoms with Crippen molar-refractivity contribution in [2.75, 3.05) is 13.6 Å². The molecule has 58 valence electrons. The highest BCUT2D eigenvalue weighted by atomic mass is 14.8. The van der Waals surface area contributed by atoms with E-state index in [0.29, 0.717) is 5.41 Å². The van der Waals surface area contributed by atoms with Crippen LogP contribution in [0.1, 0.15) is 34.6 Å². The van der Waals surface area contributed by atoms with Gasteiger partial charge in [0.2, 0.25) is 0 Å². The van der Waals surface area contributed by atoms with E-state index in [2.05, 4.69) is 39.9 Å². The summed E-state index contributed by atoms with van der Waals surface area (Å²) in [4.78, 5) is 0. The van der Waals surface area contributed by atoms with Crippen LogP contribution in [0.5, 0.6) is 0 Å². The van der Waals surface area contributed by atoms with E-state index in [4.69, 9.17) is 0 Å². The van der Waals surface area contributed by atoms with Gasteiger partial charge in [-0.2, -0.15) is 0 Å². The van der Waals surface area contributed by atoms with Crippen LogP contribution < -0.4 is 5.32 Å². The van der Waals surface area contributed by atoms with Crippen molar-refractivity contribution in [1.29, 1.82) is 0 Å². The Kier molecular flexibility index (Phi) is 7.92. The SMILES string of the molecule is CC(C)(C)C.CCNC. The summed E-state index contributed by atoms with van der Waals surface area (Å²) in [5.74, 6) is 0. The van der Waals surface area contributed by atoms with Gasteiger partial charge in [0.25, 0.3) is 0 Å². The molecule has 0 spiro atoms. The predicted molar refractivity (Wildman–Crippen MR) is 44.7 cm³/mol. The Morgan fingerprint density at radius 2 is 1.22 bits per heavy atom. The summed E-state index contributed by atoms with van der Waals surface area (Å²) in [6, 6.07) is 0. The van der Waals surface area contributed by atoms with E-state index in [0.717, 1.165) is 6.54 Å². The van der Waals surface area contributed by atoms with Crippen LogP contribution in [0.3, 0.4) is 0 Å². The molecule has 0 aliphatic carbocycles. The van der Waals surface area contributed by atoms with Gasteiger partial charge in [-0.25, -0.2) is 0 Å². The Morgan fingerprint density at radius 1 is 1.11 bits per heavy atom. The smallest absolute Gasteiger partial charge is 0.00804 e. The highest BCUT2D eigenvalue weighted by Crippen LogP contribution is 2.07. The molecule has 9 heavy (non-hydrogen) atoms. The molecular formula is C8H21N. The molecule has 0 fully saturated rings. The molecule has 0 rings (SSSR count). The third-order valence-electron chi connectivity index (χ3n) is 0.354. The summed E-state index contributed by atoms with van der Waals surface area (Å²) in [5.41, 5.74) is 0.500. The van der Waals surface area contributed by atoms with Gasteiger partial charge in [-0.1, -0.05) is 34.6 Å². The second-order valence-corrected chi connectivity index (χ2v) is 3.71. The molecule has 0 aliphatic rings. The zero-order valence-corrected chi connectivity index (χ0v) is 7.71. The lowest BCUT2D eigenvalue weighted by molar-refractivity contribution is 0.469. The van der Waals surface area contributed by atoms with Gasteiger partial charge in [0, 0.05) is 0 Å². The topological polar surface area (TPSA) is 12.0 Å². The van der Waals surface area contributed by atoms with Crippen molar-refractivity contribution in [1.82, 2.24) is 5.32 Å². The second-order valence-electron chi connectivity index (χ2n) is 3.71. The Balaban J connectivity index is 0. The Bertz CT molecular complexity index is 35.0. The molecule has 0 heterocycles. The van der Waals surface area contributed by atoms with Gasteiger partial charge in [0.15, 0.2) is 0 Å². The van der Waals surface area contributed by atoms with Crippen molar-refractivity contribution in [3.8, 4) is 0 Å². The molecule has 0 saturated carbocycles. The molecule has 1 nitrogen and oxygen atoms in total.